The molecule has 1 spiro atoms. The van der Waals surface area contributed by atoms with E-state index in [1.807, 2.05) is 18.2 Å². The lowest BCUT2D eigenvalue weighted by Gasteiger charge is -2.31. The van der Waals surface area contributed by atoms with Gasteiger partial charge in [0.05, 0.1) is 0 Å². The lowest BCUT2D eigenvalue weighted by Crippen LogP contribution is -2.40. The zero-order valence-electron chi connectivity index (χ0n) is 16.4. The monoisotopic (exact) mass is 392 g/mol. The Morgan fingerprint density at radius 2 is 1.69 bits per heavy atom. The molecule has 1 aliphatic heterocycles. The summed E-state index contributed by atoms with van der Waals surface area (Å²) in [4.78, 5) is 23.8. The molecule has 6 heteroatoms. The van der Waals surface area contributed by atoms with E-state index in [0.717, 1.165) is 37.0 Å². The van der Waals surface area contributed by atoms with Crippen LogP contribution >= 0.6 is 0 Å². The smallest absolute Gasteiger partial charge is 0.251 e. The lowest BCUT2D eigenvalue weighted by molar-refractivity contribution is -0.111. The van der Waals surface area contributed by atoms with Crippen LogP contribution in [0.3, 0.4) is 0 Å². The molecule has 6 nitrogen and oxygen atoms in total. The Bertz CT molecular complexity index is 944. The largest absolute Gasteiger partial charge is 0.448 e. The van der Waals surface area contributed by atoms with Crippen LogP contribution in [0.5, 0.6) is 11.5 Å². The van der Waals surface area contributed by atoms with Gasteiger partial charge in [-0.2, -0.15) is 0 Å². The van der Waals surface area contributed by atoms with Crippen LogP contribution in [0.25, 0.3) is 6.08 Å². The van der Waals surface area contributed by atoms with E-state index in [1.165, 1.54) is 12.5 Å². The topological polar surface area (TPSA) is 76.7 Å². The molecule has 2 N–H and O–H groups in total. The van der Waals surface area contributed by atoms with E-state index >= 15 is 0 Å². The third-order valence-electron chi connectivity index (χ3n) is 5.25. The quantitative estimate of drug-likeness (QED) is 0.767. The van der Waals surface area contributed by atoms with Crippen LogP contribution in [0.2, 0.25) is 0 Å². The van der Waals surface area contributed by atoms with Gasteiger partial charge in [-0.15, -0.1) is 0 Å². The van der Waals surface area contributed by atoms with Crippen LogP contribution < -0.4 is 20.1 Å². The van der Waals surface area contributed by atoms with Gasteiger partial charge in [0.1, 0.15) is 0 Å². The summed E-state index contributed by atoms with van der Waals surface area (Å²) in [6.45, 7) is 0. The normalized spacial score (nSPS) is 16.7. The third-order valence-corrected chi connectivity index (χ3v) is 5.25. The Labute approximate surface area is 169 Å². The van der Waals surface area contributed by atoms with Gasteiger partial charge in [0, 0.05) is 43.3 Å². The maximum Gasteiger partial charge on any atom is 0.251 e. The Hall–Kier alpha value is -3.28. The van der Waals surface area contributed by atoms with Gasteiger partial charge < -0.3 is 20.1 Å². The highest BCUT2D eigenvalue weighted by molar-refractivity contribution is 6.02. The molecule has 2 amide bonds. The number of nitrogens with one attached hydrogen (secondary N) is 2. The molecule has 4 rings (SSSR count). The summed E-state index contributed by atoms with van der Waals surface area (Å²) in [6, 6.07) is 12.5. The number of benzene rings is 2. The summed E-state index contributed by atoms with van der Waals surface area (Å²) in [7, 11) is 1.59. The van der Waals surface area contributed by atoms with E-state index < -0.39 is 5.79 Å². The van der Waals surface area contributed by atoms with Crippen molar-refractivity contribution in [2.24, 2.45) is 0 Å². The van der Waals surface area contributed by atoms with E-state index in [1.54, 1.807) is 37.4 Å². The second-order valence-corrected chi connectivity index (χ2v) is 7.36. The standard InChI is InChI=1S/C23H24N2O4/c1-24-22(27)17-8-5-16(6-9-17)7-12-21(26)25-18-10-11-19-20(15-18)29-23(28-19)13-3-2-4-14-23/h5-12,15H,2-4,13-14H2,1H3,(H,24,27)(H,25,26)/b12-7+. The first-order chi connectivity index (χ1) is 14.1. The molecule has 0 atom stereocenters. The van der Waals surface area contributed by atoms with Gasteiger partial charge in [0.2, 0.25) is 5.91 Å². The van der Waals surface area contributed by atoms with Gasteiger partial charge in [0.25, 0.3) is 11.7 Å². The number of fused-ring (bicyclic) bond motifs is 1. The van der Waals surface area contributed by atoms with Crippen LogP contribution in [-0.4, -0.2) is 24.6 Å². The maximum atomic E-state index is 12.3. The molecule has 1 aliphatic carbocycles. The van der Waals surface area contributed by atoms with Crippen molar-refractivity contribution in [2.45, 2.75) is 37.9 Å². The number of ether oxygens (including phenoxy) is 2. The number of amides is 2. The van der Waals surface area contributed by atoms with Crippen molar-refractivity contribution in [1.82, 2.24) is 5.32 Å². The highest BCUT2D eigenvalue weighted by Crippen LogP contribution is 2.46. The first kappa shape index (κ1) is 19.1. The van der Waals surface area contributed by atoms with Crippen molar-refractivity contribution < 1.29 is 19.1 Å². The van der Waals surface area contributed by atoms with Gasteiger partial charge in [-0.1, -0.05) is 18.6 Å². The van der Waals surface area contributed by atoms with Gasteiger partial charge in [-0.05, 0) is 48.7 Å². The number of carbonyl (C=O) groups is 2. The van der Waals surface area contributed by atoms with E-state index in [-0.39, 0.29) is 11.8 Å². The molecule has 1 saturated carbocycles. The molecular formula is C23H24N2O4. The molecule has 0 bridgehead atoms. The number of carbonyl (C=O) groups excluding carboxylic acids is 2. The highest BCUT2D eigenvalue weighted by Gasteiger charge is 2.42. The van der Waals surface area contributed by atoms with Crippen LogP contribution in [0.4, 0.5) is 5.69 Å². The fraction of sp³-hybridized carbons (Fsp3) is 0.304. The molecule has 29 heavy (non-hydrogen) atoms. The summed E-state index contributed by atoms with van der Waals surface area (Å²) in [6.07, 6.45) is 8.37. The maximum absolute atomic E-state index is 12.3. The van der Waals surface area contributed by atoms with E-state index in [9.17, 15) is 9.59 Å². The highest BCUT2D eigenvalue weighted by atomic mass is 16.7. The summed E-state index contributed by atoms with van der Waals surface area (Å²) in [5.41, 5.74) is 2.06. The third kappa shape index (κ3) is 4.26. The van der Waals surface area contributed by atoms with Crippen molar-refractivity contribution in [3.8, 4) is 11.5 Å². The number of anilines is 1. The van der Waals surface area contributed by atoms with E-state index in [0.29, 0.717) is 17.0 Å². The first-order valence-corrected chi connectivity index (χ1v) is 9.90. The fourth-order valence-corrected chi connectivity index (χ4v) is 3.71. The van der Waals surface area contributed by atoms with Crippen LogP contribution in [0.1, 0.15) is 48.0 Å². The van der Waals surface area contributed by atoms with Crippen molar-refractivity contribution in [3.63, 3.8) is 0 Å². The molecular weight excluding hydrogens is 368 g/mol. The minimum atomic E-state index is -0.524. The van der Waals surface area contributed by atoms with Crippen LogP contribution in [-0.2, 0) is 4.79 Å². The second-order valence-electron chi connectivity index (χ2n) is 7.36. The number of hydrogen-bond acceptors (Lipinski definition) is 4. The molecule has 2 aromatic carbocycles. The minimum absolute atomic E-state index is 0.143. The molecule has 0 radical (unpaired) electrons. The Morgan fingerprint density at radius 3 is 2.41 bits per heavy atom. The van der Waals surface area contributed by atoms with Gasteiger partial charge in [0.15, 0.2) is 11.5 Å². The Balaban J connectivity index is 1.38. The zero-order valence-corrected chi connectivity index (χ0v) is 16.4. The Morgan fingerprint density at radius 1 is 0.966 bits per heavy atom. The van der Waals surface area contributed by atoms with Crippen molar-refractivity contribution in [2.75, 3.05) is 12.4 Å². The average molecular weight is 392 g/mol. The van der Waals surface area contributed by atoms with Crippen LogP contribution in [0, 0.1) is 0 Å². The molecule has 150 valence electrons. The SMILES string of the molecule is CNC(=O)c1ccc(/C=C/C(=O)Nc2ccc3c(c2)OC2(CCCCC2)O3)cc1. The molecule has 1 fully saturated rings. The Kier molecular flexibility index (Phi) is 5.25. The number of hydrogen-bond donors (Lipinski definition) is 2. The summed E-state index contributed by atoms with van der Waals surface area (Å²) in [5.74, 6) is 0.502. The van der Waals surface area contributed by atoms with E-state index in [4.69, 9.17) is 9.47 Å². The molecule has 2 aromatic rings. The molecule has 0 unspecified atom stereocenters. The minimum Gasteiger partial charge on any atom is -0.448 e. The van der Waals surface area contributed by atoms with Crippen LogP contribution in [0.15, 0.2) is 48.5 Å². The van der Waals surface area contributed by atoms with Crippen molar-refractivity contribution >= 4 is 23.6 Å². The zero-order chi connectivity index (χ0) is 20.3. The number of rotatable bonds is 4. The molecule has 0 aromatic heterocycles. The predicted molar refractivity (Wildman–Crippen MR) is 111 cm³/mol. The fourth-order valence-electron chi connectivity index (χ4n) is 3.71. The van der Waals surface area contributed by atoms with E-state index in [2.05, 4.69) is 10.6 Å². The average Bonchev–Trinajstić information content (AvgIpc) is 3.09. The second kappa shape index (κ2) is 7.99. The van der Waals surface area contributed by atoms with Crippen molar-refractivity contribution in [3.05, 3.63) is 59.7 Å². The predicted octanol–water partition coefficient (Wildman–Crippen LogP) is 4.13. The first-order valence-electron chi connectivity index (χ1n) is 9.90. The molecule has 2 aliphatic rings. The van der Waals surface area contributed by atoms with Gasteiger partial charge in [-0.25, -0.2) is 0 Å². The summed E-state index contributed by atoms with van der Waals surface area (Å²) < 4.78 is 12.2. The van der Waals surface area contributed by atoms with Gasteiger partial charge in [-0.3, -0.25) is 9.59 Å². The van der Waals surface area contributed by atoms with Gasteiger partial charge >= 0.3 is 0 Å². The molecule has 0 saturated heterocycles. The lowest BCUT2D eigenvalue weighted by atomic mass is 9.94. The summed E-state index contributed by atoms with van der Waals surface area (Å²) >= 11 is 0. The van der Waals surface area contributed by atoms with Crippen molar-refractivity contribution in [1.29, 1.82) is 0 Å². The molecule has 1 heterocycles. The summed E-state index contributed by atoms with van der Waals surface area (Å²) in [5, 5.41) is 5.42.